The summed E-state index contributed by atoms with van der Waals surface area (Å²) in [5.41, 5.74) is -3.54. The van der Waals surface area contributed by atoms with E-state index in [1.54, 1.807) is 19.1 Å². The summed E-state index contributed by atoms with van der Waals surface area (Å²) < 4.78 is 36.4. The molecule has 1 atom stereocenters. The van der Waals surface area contributed by atoms with Crippen molar-refractivity contribution in [1.82, 2.24) is 0 Å². The molecule has 1 aliphatic carbocycles. The third-order valence-electron chi connectivity index (χ3n) is 3.25. The standard InChI is InChI=1S/C12H13F3OS/c1-8(16)11(6-7-11)9-2-4-10(5-3-9)17-12(13,14)15/h2-5,8,16H,6-7H2,1H3. The van der Waals surface area contributed by atoms with Crippen molar-refractivity contribution in [3.05, 3.63) is 29.8 Å². The van der Waals surface area contributed by atoms with Crippen LogP contribution in [0.15, 0.2) is 29.2 Å². The summed E-state index contributed by atoms with van der Waals surface area (Å²) in [5, 5.41) is 9.67. The minimum Gasteiger partial charge on any atom is -0.392 e. The Morgan fingerprint density at radius 2 is 1.76 bits per heavy atom. The first-order valence-electron chi connectivity index (χ1n) is 5.38. The SMILES string of the molecule is CC(O)C1(c2ccc(SC(F)(F)F)cc2)CC1. The summed E-state index contributed by atoms with van der Waals surface area (Å²) >= 11 is -0.114. The number of aliphatic hydroxyl groups excluding tert-OH is 1. The highest BCUT2D eigenvalue weighted by Crippen LogP contribution is 2.51. The quantitative estimate of drug-likeness (QED) is 0.838. The van der Waals surface area contributed by atoms with E-state index in [2.05, 4.69) is 0 Å². The topological polar surface area (TPSA) is 20.2 Å². The number of hydrogen-bond donors (Lipinski definition) is 1. The van der Waals surface area contributed by atoms with Crippen molar-refractivity contribution in [3.63, 3.8) is 0 Å². The first kappa shape index (κ1) is 12.8. The molecule has 0 saturated heterocycles. The van der Waals surface area contributed by atoms with Crippen molar-refractivity contribution in [3.8, 4) is 0 Å². The maximum atomic E-state index is 12.1. The molecule has 0 bridgehead atoms. The van der Waals surface area contributed by atoms with E-state index in [4.69, 9.17) is 0 Å². The molecular formula is C12H13F3OS. The summed E-state index contributed by atoms with van der Waals surface area (Å²) in [6.07, 6.45) is 1.34. The third-order valence-corrected chi connectivity index (χ3v) is 3.99. The molecule has 1 N–H and O–H groups in total. The second-order valence-electron chi connectivity index (χ2n) is 4.40. The van der Waals surface area contributed by atoms with Crippen molar-refractivity contribution in [2.75, 3.05) is 0 Å². The monoisotopic (exact) mass is 262 g/mol. The number of benzene rings is 1. The second-order valence-corrected chi connectivity index (χ2v) is 5.54. The normalized spacial score (nSPS) is 20.1. The molecule has 5 heteroatoms. The molecule has 1 saturated carbocycles. The Balaban J connectivity index is 2.14. The van der Waals surface area contributed by atoms with Gasteiger partial charge in [0.2, 0.25) is 0 Å². The van der Waals surface area contributed by atoms with Crippen LogP contribution >= 0.6 is 11.8 Å². The fourth-order valence-corrected chi connectivity index (χ4v) is 2.61. The Morgan fingerprint density at radius 3 is 2.12 bits per heavy atom. The van der Waals surface area contributed by atoms with E-state index in [-0.39, 0.29) is 22.1 Å². The van der Waals surface area contributed by atoms with Gasteiger partial charge in [0, 0.05) is 10.3 Å². The Morgan fingerprint density at radius 1 is 1.24 bits per heavy atom. The highest BCUT2D eigenvalue weighted by Gasteiger charge is 2.48. The number of thioether (sulfide) groups is 1. The van der Waals surface area contributed by atoms with Crippen LogP contribution in [0, 0.1) is 0 Å². The van der Waals surface area contributed by atoms with Gasteiger partial charge in [-0.25, -0.2) is 0 Å². The van der Waals surface area contributed by atoms with Crippen LogP contribution in [-0.2, 0) is 5.41 Å². The maximum Gasteiger partial charge on any atom is 0.446 e. The molecule has 1 fully saturated rings. The molecule has 17 heavy (non-hydrogen) atoms. The summed E-state index contributed by atoms with van der Waals surface area (Å²) in [7, 11) is 0. The molecular weight excluding hydrogens is 249 g/mol. The van der Waals surface area contributed by atoms with Crippen molar-refractivity contribution in [1.29, 1.82) is 0 Å². The lowest BCUT2D eigenvalue weighted by molar-refractivity contribution is -0.0328. The van der Waals surface area contributed by atoms with Gasteiger partial charge in [-0.05, 0) is 49.2 Å². The molecule has 0 amide bonds. The maximum absolute atomic E-state index is 12.1. The smallest absolute Gasteiger partial charge is 0.392 e. The average Bonchev–Trinajstić information content (AvgIpc) is 2.97. The predicted molar refractivity (Wildman–Crippen MR) is 60.9 cm³/mol. The molecule has 94 valence electrons. The van der Waals surface area contributed by atoms with Gasteiger partial charge in [0.15, 0.2) is 0 Å². The first-order chi connectivity index (χ1) is 7.83. The second kappa shape index (κ2) is 4.21. The average molecular weight is 262 g/mol. The van der Waals surface area contributed by atoms with Crippen molar-refractivity contribution >= 4 is 11.8 Å². The Labute approximate surface area is 102 Å². The molecule has 1 unspecified atom stereocenters. The van der Waals surface area contributed by atoms with E-state index in [0.717, 1.165) is 18.4 Å². The number of alkyl halides is 3. The minimum absolute atomic E-state index is 0.114. The number of hydrogen-bond acceptors (Lipinski definition) is 2. The Hall–Kier alpha value is -0.680. The van der Waals surface area contributed by atoms with Gasteiger partial charge in [0.05, 0.1) is 6.10 Å². The number of aliphatic hydroxyl groups is 1. The van der Waals surface area contributed by atoms with Crippen LogP contribution in [0.4, 0.5) is 13.2 Å². The van der Waals surface area contributed by atoms with Gasteiger partial charge in [-0.2, -0.15) is 13.2 Å². The zero-order chi connectivity index (χ0) is 12.7. The lowest BCUT2D eigenvalue weighted by Crippen LogP contribution is -2.22. The third kappa shape index (κ3) is 2.77. The van der Waals surface area contributed by atoms with Crippen LogP contribution in [0.1, 0.15) is 25.3 Å². The summed E-state index contributed by atoms with van der Waals surface area (Å²) in [5.74, 6) is 0. The van der Waals surface area contributed by atoms with E-state index < -0.39 is 11.6 Å². The number of halogens is 3. The molecule has 0 aromatic heterocycles. The molecule has 1 nitrogen and oxygen atoms in total. The van der Waals surface area contributed by atoms with Crippen LogP contribution in [0.5, 0.6) is 0 Å². The molecule has 1 aromatic rings. The van der Waals surface area contributed by atoms with Crippen molar-refractivity contribution < 1.29 is 18.3 Å². The first-order valence-corrected chi connectivity index (χ1v) is 6.19. The fraction of sp³-hybridized carbons (Fsp3) is 0.500. The van der Waals surface area contributed by atoms with Crippen LogP contribution < -0.4 is 0 Å². The lowest BCUT2D eigenvalue weighted by Gasteiger charge is -2.19. The van der Waals surface area contributed by atoms with E-state index in [1.807, 2.05) is 0 Å². The van der Waals surface area contributed by atoms with Crippen LogP contribution in [0.3, 0.4) is 0 Å². The summed E-state index contributed by atoms with van der Waals surface area (Å²) in [4.78, 5) is 0.183. The zero-order valence-corrected chi connectivity index (χ0v) is 10.1. The molecule has 0 radical (unpaired) electrons. The van der Waals surface area contributed by atoms with Gasteiger partial charge >= 0.3 is 5.51 Å². The van der Waals surface area contributed by atoms with Gasteiger partial charge in [0.25, 0.3) is 0 Å². The largest absolute Gasteiger partial charge is 0.446 e. The molecule has 1 aromatic carbocycles. The molecule has 2 rings (SSSR count). The highest BCUT2D eigenvalue weighted by atomic mass is 32.2. The summed E-state index contributed by atoms with van der Waals surface area (Å²) in [6, 6.07) is 6.31. The molecule has 0 heterocycles. The van der Waals surface area contributed by atoms with Crippen LogP contribution in [-0.4, -0.2) is 16.7 Å². The van der Waals surface area contributed by atoms with Gasteiger partial charge in [-0.3, -0.25) is 0 Å². The van der Waals surface area contributed by atoms with Crippen LogP contribution in [0.25, 0.3) is 0 Å². The van der Waals surface area contributed by atoms with Crippen molar-refractivity contribution in [2.24, 2.45) is 0 Å². The van der Waals surface area contributed by atoms with Gasteiger partial charge in [-0.1, -0.05) is 12.1 Å². The summed E-state index contributed by atoms with van der Waals surface area (Å²) in [6.45, 7) is 1.73. The Kier molecular flexibility index (Phi) is 3.16. The highest BCUT2D eigenvalue weighted by molar-refractivity contribution is 8.00. The molecule has 0 spiro atoms. The van der Waals surface area contributed by atoms with Crippen LogP contribution in [0.2, 0.25) is 0 Å². The Bertz CT molecular complexity index is 393. The fourth-order valence-electron chi connectivity index (χ4n) is 2.07. The van der Waals surface area contributed by atoms with Gasteiger partial charge in [-0.15, -0.1) is 0 Å². The van der Waals surface area contributed by atoms with E-state index >= 15 is 0 Å². The van der Waals surface area contributed by atoms with Crippen molar-refractivity contribution in [2.45, 2.75) is 41.7 Å². The minimum atomic E-state index is -4.25. The van der Waals surface area contributed by atoms with E-state index in [9.17, 15) is 18.3 Å². The molecule has 0 aliphatic heterocycles. The van der Waals surface area contributed by atoms with E-state index in [0.29, 0.717) is 0 Å². The predicted octanol–water partition coefficient (Wildman–Crippen LogP) is 3.71. The molecule has 1 aliphatic rings. The van der Waals surface area contributed by atoms with E-state index in [1.165, 1.54) is 12.1 Å². The zero-order valence-electron chi connectivity index (χ0n) is 9.29. The van der Waals surface area contributed by atoms with Gasteiger partial charge in [0.1, 0.15) is 0 Å². The van der Waals surface area contributed by atoms with Gasteiger partial charge < -0.3 is 5.11 Å². The number of rotatable bonds is 3. The lowest BCUT2D eigenvalue weighted by atomic mass is 9.91.